The minimum Gasteiger partial charge on any atom is -0.481 e. The summed E-state index contributed by atoms with van der Waals surface area (Å²) in [6, 6.07) is 6.87. The average Bonchev–Trinajstić information content (AvgIpc) is 2.52. The molecule has 0 saturated heterocycles. The number of carboxylic acids is 1. The SMILES string of the molecule is Cc1ccnc(N(CC(C)C(=O)O)C(=O)c2cccnc2)c1. The maximum Gasteiger partial charge on any atom is 0.308 e. The number of rotatable bonds is 5. The highest BCUT2D eigenvalue weighted by Crippen LogP contribution is 2.17. The maximum absolute atomic E-state index is 12.7. The van der Waals surface area contributed by atoms with E-state index in [2.05, 4.69) is 9.97 Å². The van der Waals surface area contributed by atoms with E-state index in [1.807, 2.05) is 13.0 Å². The van der Waals surface area contributed by atoms with Gasteiger partial charge in [0, 0.05) is 25.1 Å². The molecular formula is C16H17N3O3. The number of aryl methyl sites for hydroxylation is 1. The van der Waals surface area contributed by atoms with Crippen molar-refractivity contribution in [3.63, 3.8) is 0 Å². The van der Waals surface area contributed by atoms with Crippen LogP contribution < -0.4 is 4.90 Å². The number of nitrogens with zero attached hydrogens (tertiary/aromatic N) is 3. The summed E-state index contributed by atoms with van der Waals surface area (Å²) >= 11 is 0. The fourth-order valence-electron chi connectivity index (χ4n) is 1.95. The van der Waals surface area contributed by atoms with Gasteiger partial charge in [0.1, 0.15) is 5.82 Å². The first-order valence-corrected chi connectivity index (χ1v) is 6.86. The van der Waals surface area contributed by atoms with Crippen molar-refractivity contribution >= 4 is 17.7 Å². The molecule has 0 spiro atoms. The van der Waals surface area contributed by atoms with E-state index in [1.54, 1.807) is 37.5 Å². The molecule has 0 saturated carbocycles. The molecule has 2 aromatic rings. The summed E-state index contributed by atoms with van der Waals surface area (Å²) in [5.41, 5.74) is 1.33. The predicted octanol–water partition coefficient (Wildman–Crippen LogP) is 2.15. The second kappa shape index (κ2) is 6.80. The molecule has 6 nitrogen and oxygen atoms in total. The Morgan fingerprint density at radius 3 is 2.68 bits per heavy atom. The first-order chi connectivity index (χ1) is 10.5. The molecule has 2 heterocycles. The molecule has 1 atom stereocenters. The van der Waals surface area contributed by atoms with Crippen LogP contribution in [-0.4, -0.2) is 33.5 Å². The number of anilines is 1. The summed E-state index contributed by atoms with van der Waals surface area (Å²) in [5.74, 6) is -1.55. The van der Waals surface area contributed by atoms with Crippen LogP contribution in [0.2, 0.25) is 0 Å². The first-order valence-electron chi connectivity index (χ1n) is 6.86. The van der Waals surface area contributed by atoms with E-state index in [0.29, 0.717) is 11.4 Å². The molecule has 0 radical (unpaired) electrons. The van der Waals surface area contributed by atoms with Crippen LogP contribution in [-0.2, 0) is 4.79 Å². The van der Waals surface area contributed by atoms with Crippen molar-refractivity contribution in [2.24, 2.45) is 5.92 Å². The molecule has 2 aromatic heterocycles. The van der Waals surface area contributed by atoms with Gasteiger partial charge < -0.3 is 5.11 Å². The minimum absolute atomic E-state index is 0.0412. The second-order valence-corrected chi connectivity index (χ2v) is 5.09. The summed E-state index contributed by atoms with van der Waals surface area (Å²) in [4.78, 5) is 33.3. The molecule has 2 rings (SSSR count). The lowest BCUT2D eigenvalue weighted by molar-refractivity contribution is -0.140. The molecule has 0 fully saturated rings. The zero-order chi connectivity index (χ0) is 16.1. The van der Waals surface area contributed by atoms with Crippen molar-refractivity contribution in [3.8, 4) is 0 Å². The van der Waals surface area contributed by atoms with Crippen LogP contribution >= 0.6 is 0 Å². The monoisotopic (exact) mass is 299 g/mol. The average molecular weight is 299 g/mol. The number of carbonyl (C=O) groups is 2. The van der Waals surface area contributed by atoms with Gasteiger partial charge >= 0.3 is 5.97 Å². The quantitative estimate of drug-likeness (QED) is 0.914. The molecule has 1 amide bonds. The molecular weight excluding hydrogens is 282 g/mol. The number of aliphatic carboxylic acids is 1. The van der Waals surface area contributed by atoms with Crippen LogP contribution in [0.5, 0.6) is 0 Å². The Balaban J connectivity index is 2.37. The summed E-state index contributed by atoms with van der Waals surface area (Å²) in [6.45, 7) is 3.49. The van der Waals surface area contributed by atoms with Crippen LogP contribution in [0.4, 0.5) is 5.82 Å². The molecule has 0 aliphatic carbocycles. The fourth-order valence-corrected chi connectivity index (χ4v) is 1.95. The van der Waals surface area contributed by atoms with Gasteiger partial charge in [0.2, 0.25) is 0 Å². The van der Waals surface area contributed by atoms with E-state index < -0.39 is 11.9 Å². The molecule has 6 heteroatoms. The lowest BCUT2D eigenvalue weighted by Crippen LogP contribution is -2.37. The summed E-state index contributed by atoms with van der Waals surface area (Å²) in [7, 11) is 0. The van der Waals surface area contributed by atoms with Crippen molar-refractivity contribution in [3.05, 3.63) is 54.0 Å². The molecule has 1 unspecified atom stereocenters. The van der Waals surface area contributed by atoms with Crippen molar-refractivity contribution < 1.29 is 14.7 Å². The van der Waals surface area contributed by atoms with E-state index >= 15 is 0 Å². The van der Waals surface area contributed by atoms with Gasteiger partial charge in [0.05, 0.1) is 11.5 Å². The van der Waals surface area contributed by atoms with Gasteiger partial charge in [0.15, 0.2) is 0 Å². The Morgan fingerprint density at radius 2 is 2.09 bits per heavy atom. The van der Waals surface area contributed by atoms with Gasteiger partial charge in [0.25, 0.3) is 5.91 Å². The molecule has 114 valence electrons. The maximum atomic E-state index is 12.7. The third kappa shape index (κ3) is 3.66. The van der Waals surface area contributed by atoms with Gasteiger partial charge in [-0.05, 0) is 36.8 Å². The normalized spacial score (nSPS) is 11.7. The van der Waals surface area contributed by atoms with Crippen molar-refractivity contribution in [2.45, 2.75) is 13.8 Å². The first kappa shape index (κ1) is 15.6. The highest BCUT2D eigenvalue weighted by molar-refractivity contribution is 6.05. The Morgan fingerprint density at radius 1 is 1.32 bits per heavy atom. The molecule has 1 N–H and O–H groups in total. The minimum atomic E-state index is -0.961. The Bertz CT molecular complexity index is 673. The topological polar surface area (TPSA) is 83.4 Å². The third-order valence-electron chi connectivity index (χ3n) is 3.21. The Labute approximate surface area is 128 Å². The van der Waals surface area contributed by atoms with E-state index in [-0.39, 0.29) is 12.5 Å². The second-order valence-electron chi connectivity index (χ2n) is 5.09. The van der Waals surface area contributed by atoms with Crippen LogP contribution in [0, 0.1) is 12.8 Å². The van der Waals surface area contributed by atoms with E-state index in [9.17, 15) is 9.59 Å². The van der Waals surface area contributed by atoms with Crippen molar-refractivity contribution in [1.29, 1.82) is 0 Å². The number of pyridine rings is 2. The summed E-state index contributed by atoms with van der Waals surface area (Å²) in [6.07, 6.45) is 4.63. The highest BCUT2D eigenvalue weighted by Gasteiger charge is 2.24. The molecule has 0 bridgehead atoms. The van der Waals surface area contributed by atoms with Gasteiger partial charge in [-0.15, -0.1) is 0 Å². The smallest absolute Gasteiger partial charge is 0.308 e. The lowest BCUT2D eigenvalue weighted by atomic mass is 10.1. The third-order valence-corrected chi connectivity index (χ3v) is 3.21. The van der Waals surface area contributed by atoms with Crippen LogP contribution in [0.1, 0.15) is 22.8 Å². The van der Waals surface area contributed by atoms with E-state index in [0.717, 1.165) is 5.56 Å². The number of carboxylic acid groups (broad SMARTS) is 1. The number of hydrogen-bond acceptors (Lipinski definition) is 4. The lowest BCUT2D eigenvalue weighted by Gasteiger charge is -2.23. The van der Waals surface area contributed by atoms with Crippen molar-refractivity contribution in [2.75, 3.05) is 11.4 Å². The fraction of sp³-hybridized carbons (Fsp3) is 0.250. The molecule has 22 heavy (non-hydrogen) atoms. The van der Waals surface area contributed by atoms with Gasteiger partial charge in [-0.1, -0.05) is 6.92 Å². The van der Waals surface area contributed by atoms with E-state index in [1.165, 1.54) is 11.1 Å². The Kier molecular flexibility index (Phi) is 4.83. The van der Waals surface area contributed by atoms with E-state index in [4.69, 9.17) is 5.11 Å². The largest absolute Gasteiger partial charge is 0.481 e. The van der Waals surface area contributed by atoms with Crippen LogP contribution in [0.3, 0.4) is 0 Å². The molecule has 0 aliphatic heterocycles. The summed E-state index contributed by atoms with van der Waals surface area (Å²) in [5, 5.41) is 9.11. The number of hydrogen-bond donors (Lipinski definition) is 1. The molecule has 0 aromatic carbocycles. The zero-order valence-corrected chi connectivity index (χ0v) is 12.4. The highest BCUT2D eigenvalue weighted by atomic mass is 16.4. The number of amides is 1. The van der Waals surface area contributed by atoms with Crippen LogP contribution in [0.25, 0.3) is 0 Å². The number of carbonyl (C=O) groups excluding carboxylic acids is 1. The van der Waals surface area contributed by atoms with Gasteiger partial charge in [-0.3, -0.25) is 19.5 Å². The van der Waals surface area contributed by atoms with Gasteiger partial charge in [-0.2, -0.15) is 0 Å². The van der Waals surface area contributed by atoms with Gasteiger partial charge in [-0.25, -0.2) is 4.98 Å². The van der Waals surface area contributed by atoms with Crippen LogP contribution in [0.15, 0.2) is 42.9 Å². The Hall–Kier alpha value is -2.76. The zero-order valence-electron chi connectivity index (χ0n) is 12.4. The number of aromatic nitrogens is 2. The molecule has 0 aliphatic rings. The standard InChI is InChI=1S/C16H17N3O3/c1-11-5-7-18-14(8-11)19(10-12(2)16(21)22)15(20)13-4-3-6-17-9-13/h3-9,12H,10H2,1-2H3,(H,21,22). The summed E-state index contributed by atoms with van der Waals surface area (Å²) < 4.78 is 0. The van der Waals surface area contributed by atoms with Crippen molar-refractivity contribution in [1.82, 2.24) is 9.97 Å². The predicted molar refractivity (Wildman–Crippen MR) is 81.7 cm³/mol.